The van der Waals surface area contributed by atoms with Gasteiger partial charge < -0.3 is 5.32 Å². The highest BCUT2D eigenvalue weighted by molar-refractivity contribution is 7.89. The predicted molar refractivity (Wildman–Crippen MR) is 85.8 cm³/mol. The molecular weight excluding hydrogens is 365 g/mol. The molecule has 9 heteroatoms. The van der Waals surface area contributed by atoms with E-state index in [0.29, 0.717) is 12.0 Å². The second-order valence-corrected chi connectivity index (χ2v) is 6.99. The van der Waals surface area contributed by atoms with Gasteiger partial charge in [0.25, 0.3) is 0 Å². The van der Waals surface area contributed by atoms with Crippen LogP contribution in [0.1, 0.15) is 24.9 Å². The van der Waals surface area contributed by atoms with E-state index in [9.17, 15) is 21.6 Å². The van der Waals surface area contributed by atoms with Crippen molar-refractivity contribution in [3.63, 3.8) is 0 Å². The van der Waals surface area contributed by atoms with E-state index in [0.717, 1.165) is 12.1 Å². The minimum absolute atomic E-state index is 0.0235. The first-order valence-corrected chi connectivity index (χ1v) is 8.79. The smallest absolute Gasteiger partial charge is 0.243 e. The fourth-order valence-corrected chi connectivity index (χ4v) is 3.21. The van der Waals surface area contributed by atoms with Gasteiger partial charge in [-0.1, -0.05) is 18.5 Å². The summed E-state index contributed by atoms with van der Waals surface area (Å²) >= 11 is 6.03. The number of anilines is 1. The van der Waals surface area contributed by atoms with E-state index in [1.165, 1.54) is 18.2 Å². The van der Waals surface area contributed by atoms with Crippen LogP contribution in [0.5, 0.6) is 0 Å². The predicted octanol–water partition coefficient (Wildman–Crippen LogP) is 3.97. The molecule has 0 aliphatic carbocycles. The van der Waals surface area contributed by atoms with Crippen LogP contribution < -0.4 is 10.5 Å². The average Bonchev–Trinajstić information content (AvgIpc) is 2.45. The van der Waals surface area contributed by atoms with Crippen molar-refractivity contribution in [2.75, 3.05) is 5.32 Å². The number of benzene rings is 2. The van der Waals surface area contributed by atoms with E-state index in [1.807, 2.05) is 0 Å². The summed E-state index contributed by atoms with van der Waals surface area (Å²) < 4.78 is 63.5. The molecule has 1 atom stereocenters. The highest BCUT2D eigenvalue weighted by atomic mass is 35.5. The largest absolute Gasteiger partial charge is 0.378 e. The first-order chi connectivity index (χ1) is 11.1. The van der Waals surface area contributed by atoms with Crippen LogP contribution in [0.25, 0.3) is 0 Å². The lowest BCUT2D eigenvalue weighted by atomic mass is 10.0. The van der Waals surface area contributed by atoms with Gasteiger partial charge in [0.15, 0.2) is 4.90 Å². The summed E-state index contributed by atoms with van der Waals surface area (Å²) in [5, 5.41) is 7.87. The molecule has 24 heavy (non-hydrogen) atoms. The van der Waals surface area contributed by atoms with Gasteiger partial charge in [-0.2, -0.15) is 0 Å². The van der Waals surface area contributed by atoms with Gasteiger partial charge in [-0.3, -0.25) is 0 Å². The number of nitrogens with one attached hydrogen (secondary N) is 1. The van der Waals surface area contributed by atoms with Crippen LogP contribution in [0.2, 0.25) is 5.02 Å². The van der Waals surface area contributed by atoms with Crippen molar-refractivity contribution in [1.29, 1.82) is 0 Å². The Bertz CT molecular complexity index is 852. The maximum absolute atomic E-state index is 13.9. The van der Waals surface area contributed by atoms with E-state index >= 15 is 0 Å². The lowest BCUT2D eigenvalue weighted by Gasteiger charge is -2.20. The minimum Gasteiger partial charge on any atom is -0.378 e. The van der Waals surface area contributed by atoms with Crippen LogP contribution in [-0.2, 0) is 10.0 Å². The number of rotatable bonds is 5. The van der Waals surface area contributed by atoms with E-state index < -0.39 is 38.4 Å². The molecule has 2 rings (SSSR count). The number of hydrogen-bond acceptors (Lipinski definition) is 3. The lowest BCUT2D eigenvalue weighted by molar-refractivity contribution is 0.520. The van der Waals surface area contributed by atoms with Crippen LogP contribution in [0.4, 0.5) is 18.9 Å². The molecule has 0 saturated carbocycles. The summed E-state index contributed by atoms with van der Waals surface area (Å²) in [6.45, 7) is 1.77. The summed E-state index contributed by atoms with van der Waals surface area (Å²) in [7, 11) is -4.53. The maximum atomic E-state index is 13.9. The lowest BCUT2D eigenvalue weighted by Crippen LogP contribution is -2.17. The van der Waals surface area contributed by atoms with E-state index in [-0.39, 0.29) is 10.7 Å². The zero-order chi connectivity index (χ0) is 18.1. The fourth-order valence-electron chi connectivity index (χ4n) is 2.30. The van der Waals surface area contributed by atoms with E-state index in [1.54, 1.807) is 6.92 Å². The molecule has 0 fully saturated rings. The highest BCUT2D eigenvalue weighted by Gasteiger charge is 2.22. The van der Waals surface area contributed by atoms with E-state index in [4.69, 9.17) is 16.7 Å². The third kappa shape index (κ3) is 4.00. The zero-order valence-corrected chi connectivity index (χ0v) is 14.1. The first-order valence-electron chi connectivity index (χ1n) is 6.86. The molecule has 0 amide bonds. The quantitative estimate of drug-likeness (QED) is 0.827. The molecule has 0 heterocycles. The number of halogens is 4. The Hall–Kier alpha value is -1.77. The molecule has 0 unspecified atom stereocenters. The van der Waals surface area contributed by atoms with Gasteiger partial charge in [-0.05, 0) is 42.3 Å². The molecule has 0 bridgehead atoms. The van der Waals surface area contributed by atoms with Gasteiger partial charge in [0.1, 0.15) is 17.5 Å². The van der Waals surface area contributed by atoms with Gasteiger partial charge >= 0.3 is 0 Å². The molecule has 0 radical (unpaired) electrons. The Labute approximate surface area is 142 Å². The van der Waals surface area contributed by atoms with Gasteiger partial charge in [-0.15, -0.1) is 0 Å². The highest BCUT2D eigenvalue weighted by Crippen LogP contribution is 2.31. The molecule has 0 saturated heterocycles. The molecule has 2 aromatic carbocycles. The van der Waals surface area contributed by atoms with Gasteiger partial charge in [0.2, 0.25) is 10.0 Å². The topological polar surface area (TPSA) is 72.2 Å². The standard InChI is InChI=1S/C15H14ClF3N2O2S/c1-2-14(10-5-8(17)3-4-11(10)16)21-9-6-12(18)15(13(19)7-9)24(20,22)23/h3-7,14,21H,2H2,1H3,(H2,20,22,23)/t14-/m0/s1. The van der Waals surface area contributed by atoms with Gasteiger partial charge in [0.05, 0.1) is 6.04 Å². The van der Waals surface area contributed by atoms with Crippen LogP contribution in [0.3, 0.4) is 0 Å². The molecule has 2 aromatic rings. The van der Waals surface area contributed by atoms with Crippen molar-refractivity contribution in [2.24, 2.45) is 5.14 Å². The van der Waals surface area contributed by atoms with Crippen molar-refractivity contribution in [3.8, 4) is 0 Å². The van der Waals surface area contributed by atoms with Crippen LogP contribution in [0.15, 0.2) is 35.2 Å². The summed E-state index contributed by atoms with van der Waals surface area (Å²) in [6, 6.07) is 4.86. The van der Waals surface area contributed by atoms with Crippen molar-refractivity contribution in [2.45, 2.75) is 24.3 Å². The van der Waals surface area contributed by atoms with E-state index in [2.05, 4.69) is 5.32 Å². The minimum atomic E-state index is -4.53. The average molecular weight is 379 g/mol. The Balaban J connectivity index is 2.41. The van der Waals surface area contributed by atoms with Crippen LogP contribution >= 0.6 is 11.6 Å². The third-order valence-electron chi connectivity index (χ3n) is 3.37. The first kappa shape index (κ1) is 18.6. The fraction of sp³-hybridized carbons (Fsp3) is 0.200. The van der Waals surface area contributed by atoms with Crippen molar-refractivity contribution >= 4 is 27.3 Å². The van der Waals surface area contributed by atoms with Crippen molar-refractivity contribution < 1.29 is 21.6 Å². The Morgan fingerprint density at radius 3 is 2.25 bits per heavy atom. The van der Waals surface area contributed by atoms with Crippen molar-refractivity contribution in [3.05, 3.63) is 58.4 Å². The molecule has 3 N–H and O–H groups in total. The molecule has 0 aliphatic rings. The van der Waals surface area contributed by atoms with Gasteiger partial charge in [0, 0.05) is 10.7 Å². The summed E-state index contributed by atoms with van der Waals surface area (Å²) in [4.78, 5) is -1.20. The van der Waals surface area contributed by atoms with Crippen LogP contribution in [-0.4, -0.2) is 8.42 Å². The molecule has 0 aliphatic heterocycles. The zero-order valence-electron chi connectivity index (χ0n) is 12.5. The number of hydrogen-bond donors (Lipinski definition) is 2. The molecule has 4 nitrogen and oxygen atoms in total. The van der Waals surface area contributed by atoms with Crippen LogP contribution in [0, 0.1) is 17.5 Å². The number of nitrogens with two attached hydrogens (primary N) is 1. The number of primary sulfonamides is 1. The molecule has 0 spiro atoms. The monoisotopic (exact) mass is 378 g/mol. The van der Waals surface area contributed by atoms with Gasteiger partial charge in [-0.25, -0.2) is 26.7 Å². The molecule has 0 aromatic heterocycles. The Morgan fingerprint density at radius 2 is 1.75 bits per heavy atom. The summed E-state index contributed by atoms with van der Waals surface area (Å²) in [5.74, 6) is -3.14. The Kier molecular flexibility index (Phi) is 5.42. The van der Waals surface area contributed by atoms with Crippen molar-refractivity contribution in [1.82, 2.24) is 0 Å². The molecule has 130 valence electrons. The summed E-state index contributed by atoms with van der Waals surface area (Å²) in [5.41, 5.74) is 0.389. The Morgan fingerprint density at radius 1 is 1.17 bits per heavy atom. The maximum Gasteiger partial charge on any atom is 0.243 e. The number of sulfonamides is 1. The normalized spacial score (nSPS) is 12.9. The molecular formula is C15H14ClF3N2O2S. The third-order valence-corrected chi connectivity index (χ3v) is 4.67. The second kappa shape index (κ2) is 7.00. The second-order valence-electron chi connectivity index (χ2n) is 5.09. The SMILES string of the molecule is CC[C@H](Nc1cc(F)c(S(N)(=O)=O)c(F)c1)c1cc(F)ccc1Cl. The summed E-state index contributed by atoms with van der Waals surface area (Å²) in [6.07, 6.45) is 0.434.